The number of aliphatic hydroxyl groups excluding tert-OH is 1. The number of carbonyl (C=O) groups excluding carboxylic acids is 2. The number of carbonyl (C=O) groups is 2. The summed E-state index contributed by atoms with van der Waals surface area (Å²) < 4.78 is 35.0. The predicted molar refractivity (Wildman–Crippen MR) is 171 cm³/mol. The van der Waals surface area contributed by atoms with Crippen LogP contribution in [0.1, 0.15) is 69.9 Å². The van der Waals surface area contributed by atoms with Crippen molar-refractivity contribution in [3.63, 3.8) is 0 Å². The molecule has 0 saturated heterocycles. The van der Waals surface area contributed by atoms with Crippen LogP contribution in [0.4, 0.5) is 15.3 Å². The lowest BCUT2D eigenvalue weighted by Crippen LogP contribution is -2.46. The minimum absolute atomic E-state index is 0.0355. The fourth-order valence-corrected chi connectivity index (χ4v) is 7.77. The van der Waals surface area contributed by atoms with Gasteiger partial charge >= 0.3 is 12.1 Å². The highest BCUT2D eigenvalue weighted by atomic mass is 32.2. The van der Waals surface area contributed by atoms with E-state index < -0.39 is 34.3 Å². The third kappa shape index (κ3) is 9.24. The van der Waals surface area contributed by atoms with E-state index in [2.05, 4.69) is 25.7 Å². The third-order valence-corrected chi connectivity index (χ3v) is 10.1. The van der Waals surface area contributed by atoms with E-state index in [9.17, 15) is 23.1 Å². The summed E-state index contributed by atoms with van der Waals surface area (Å²) in [5.74, 6) is 0.189. The first-order valence-electron chi connectivity index (χ1n) is 14.7. The van der Waals surface area contributed by atoms with Gasteiger partial charge in [-0.2, -0.15) is 0 Å². The van der Waals surface area contributed by atoms with E-state index in [1.54, 1.807) is 32.2 Å². The topological polar surface area (TPSA) is 159 Å². The van der Waals surface area contributed by atoms with Crippen LogP contribution in [0.5, 0.6) is 0 Å². The highest BCUT2D eigenvalue weighted by molar-refractivity contribution is 7.89. The summed E-state index contributed by atoms with van der Waals surface area (Å²) in [4.78, 5) is 29.9. The molecule has 3 aromatic rings. The smallest absolute Gasteiger partial charge is 0.407 e. The van der Waals surface area contributed by atoms with Gasteiger partial charge in [0.25, 0.3) is 0 Å². The van der Waals surface area contributed by atoms with E-state index in [1.165, 1.54) is 17.4 Å². The van der Waals surface area contributed by atoms with Crippen molar-refractivity contribution in [3.05, 3.63) is 65.3 Å². The molecule has 1 aliphatic carbocycles. The van der Waals surface area contributed by atoms with Crippen molar-refractivity contribution in [2.45, 2.75) is 88.4 Å². The Hall–Kier alpha value is -3.52. The first kappa shape index (κ1) is 33.4. The minimum atomic E-state index is -4.12. The molecule has 13 heteroatoms. The molecule has 1 heterocycles. The van der Waals surface area contributed by atoms with Crippen molar-refractivity contribution in [1.29, 1.82) is 0 Å². The van der Waals surface area contributed by atoms with Gasteiger partial charge in [-0.05, 0) is 71.1 Å². The van der Waals surface area contributed by atoms with E-state index in [4.69, 9.17) is 4.74 Å². The molecule has 0 atom stereocenters. The van der Waals surface area contributed by atoms with Crippen LogP contribution < -0.4 is 20.7 Å². The average Bonchev–Trinajstić information content (AvgIpc) is 3.46. The molecule has 44 heavy (non-hydrogen) atoms. The zero-order valence-electron chi connectivity index (χ0n) is 25.4. The molecular weight excluding hydrogens is 603 g/mol. The van der Waals surface area contributed by atoms with Gasteiger partial charge in [0.1, 0.15) is 0 Å². The summed E-state index contributed by atoms with van der Waals surface area (Å²) in [6, 6.07) is 13.7. The summed E-state index contributed by atoms with van der Waals surface area (Å²) in [6.45, 7) is 6.70. The molecule has 1 fully saturated rings. The Morgan fingerprint density at radius 1 is 1.09 bits per heavy atom. The van der Waals surface area contributed by atoms with Gasteiger partial charge in [-0.25, -0.2) is 27.7 Å². The molecule has 0 unspecified atom stereocenters. The third-order valence-electron chi connectivity index (χ3n) is 7.16. The zero-order chi connectivity index (χ0) is 31.9. The lowest BCUT2D eigenvalue weighted by molar-refractivity contribution is 0.109. The van der Waals surface area contributed by atoms with Crippen molar-refractivity contribution in [1.82, 2.24) is 20.3 Å². The van der Waals surface area contributed by atoms with Crippen molar-refractivity contribution in [2.75, 3.05) is 11.9 Å². The predicted octanol–water partition coefficient (Wildman–Crippen LogP) is 5.34. The highest BCUT2D eigenvalue weighted by Crippen LogP contribution is 2.40. The van der Waals surface area contributed by atoms with Crippen LogP contribution in [0.2, 0.25) is 0 Å². The Balaban J connectivity index is 1.52. The first-order chi connectivity index (χ1) is 20.8. The number of benzene rings is 2. The van der Waals surface area contributed by atoms with Gasteiger partial charge in [-0.3, -0.25) is 0 Å². The molecule has 0 spiro atoms. The number of aliphatic hydroxyl groups is 1. The molecule has 11 nitrogen and oxygen atoms in total. The van der Waals surface area contributed by atoms with Gasteiger partial charge in [-0.15, -0.1) is 11.3 Å². The van der Waals surface area contributed by atoms with Crippen LogP contribution >= 0.6 is 11.3 Å². The molecule has 0 bridgehead atoms. The molecule has 0 radical (unpaired) electrons. The van der Waals surface area contributed by atoms with Crippen molar-refractivity contribution >= 4 is 39.2 Å². The summed E-state index contributed by atoms with van der Waals surface area (Å²) in [5, 5.41) is 19.1. The number of amides is 3. The number of urea groups is 1. The first-order valence-corrected chi connectivity index (χ1v) is 17.0. The Morgan fingerprint density at radius 2 is 1.80 bits per heavy atom. The van der Waals surface area contributed by atoms with Crippen molar-refractivity contribution in [2.24, 2.45) is 0 Å². The quantitative estimate of drug-likeness (QED) is 0.189. The Bertz CT molecular complexity index is 1530. The number of nitrogens with zero attached hydrogens (tertiary/aromatic N) is 1. The molecule has 0 aliphatic heterocycles. The fraction of sp³-hybridized carbons (Fsp3) is 0.452. The second kappa shape index (κ2) is 14.5. The monoisotopic (exact) mass is 643 g/mol. The number of aromatic nitrogens is 1. The maximum Gasteiger partial charge on any atom is 0.407 e. The van der Waals surface area contributed by atoms with Gasteiger partial charge in [0.05, 0.1) is 33.0 Å². The minimum Gasteiger partial charge on any atom is -0.447 e. The van der Waals surface area contributed by atoms with Crippen LogP contribution in [0.3, 0.4) is 0 Å². The van der Waals surface area contributed by atoms with Crippen LogP contribution in [-0.2, 0) is 21.3 Å². The van der Waals surface area contributed by atoms with E-state index in [0.29, 0.717) is 22.7 Å². The number of hydrogen-bond acceptors (Lipinski definition) is 8. The van der Waals surface area contributed by atoms with Gasteiger partial charge in [0.15, 0.2) is 0 Å². The number of nitrogens with one attached hydrogen (secondary N) is 4. The number of thiazole rings is 1. The van der Waals surface area contributed by atoms with E-state index in [0.717, 1.165) is 36.3 Å². The van der Waals surface area contributed by atoms with Crippen LogP contribution in [0.25, 0.3) is 10.4 Å². The fourth-order valence-electron chi connectivity index (χ4n) is 4.93. The molecule has 1 aromatic heterocycles. The maximum atomic E-state index is 13.6. The number of anilines is 1. The van der Waals surface area contributed by atoms with Gasteiger partial charge < -0.3 is 25.8 Å². The Morgan fingerprint density at radius 3 is 2.45 bits per heavy atom. The molecule has 5 N–H and O–H groups in total. The normalized spacial score (nSPS) is 17.2. The molecule has 1 aliphatic rings. The molecule has 3 amide bonds. The van der Waals surface area contributed by atoms with Gasteiger partial charge in [0, 0.05) is 36.0 Å². The molecular formula is C31H41N5O6S2. The van der Waals surface area contributed by atoms with E-state index in [1.807, 2.05) is 44.2 Å². The maximum absolute atomic E-state index is 13.6. The van der Waals surface area contributed by atoms with E-state index >= 15 is 0 Å². The average molecular weight is 644 g/mol. The van der Waals surface area contributed by atoms with Gasteiger partial charge in [0.2, 0.25) is 10.0 Å². The van der Waals surface area contributed by atoms with Crippen LogP contribution in [-0.4, -0.2) is 54.9 Å². The van der Waals surface area contributed by atoms with Crippen molar-refractivity contribution < 1.29 is 27.9 Å². The second-order valence-corrected chi connectivity index (χ2v) is 14.6. The SMILES string of the molecule is CC(C)OC(=O)N[C@H]1CC[C@H](c2ncc(-c3ccc(NC(=O)NCc4ccccc4)cc3S(=O)(=O)NC(C)(C)CO)s2)CC1. The Labute approximate surface area is 262 Å². The number of alkyl carbamates (subject to hydrolysis) is 1. The lowest BCUT2D eigenvalue weighted by Gasteiger charge is -2.28. The summed E-state index contributed by atoms with van der Waals surface area (Å²) in [7, 11) is -4.12. The summed E-state index contributed by atoms with van der Waals surface area (Å²) in [6.07, 6.45) is 4.34. The summed E-state index contributed by atoms with van der Waals surface area (Å²) >= 11 is 1.43. The van der Waals surface area contributed by atoms with Crippen molar-refractivity contribution in [3.8, 4) is 10.4 Å². The largest absolute Gasteiger partial charge is 0.447 e. The zero-order valence-corrected chi connectivity index (χ0v) is 27.1. The van der Waals surface area contributed by atoms with Crippen LogP contribution in [0, 0.1) is 0 Å². The lowest BCUT2D eigenvalue weighted by atomic mass is 9.86. The molecule has 2 aromatic carbocycles. The molecule has 1 saturated carbocycles. The highest BCUT2D eigenvalue weighted by Gasteiger charge is 2.30. The Kier molecular flexibility index (Phi) is 11.0. The number of rotatable bonds is 11. The second-order valence-electron chi connectivity index (χ2n) is 11.9. The summed E-state index contributed by atoms with van der Waals surface area (Å²) in [5.41, 5.74) is 0.556. The van der Waals surface area contributed by atoms with Crippen LogP contribution in [0.15, 0.2) is 59.6 Å². The molecule has 238 valence electrons. The van der Waals surface area contributed by atoms with E-state index in [-0.39, 0.29) is 23.0 Å². The standard InChI is InChI=1S/C31H41N5O6S2/c1-20(2)42-30(39)35-23-12-10-22(11-13-23)28-32-18-26(43-28)25-15-14-24(16-27(25)44(40,41)36-31(3,4)19-37)34-29(38)33-17-21-8-6-5-7-9-21/h5-9,14-16,18,20,22-23,36-37H,10-13,17,19H2,1-4H3,(H,35,39)(H2,33,34,38)/t22-,23-. The number of ether oxygens (including phenoxy) is 1. The molecule has 4 rings (SSSR count). The number of sulfonamides is 1. The van der Waals surface area contributed by atoms with Gasteiger partial charge in [-0.1, -0.05) is 36.4 Å². The number of hydrogen-bond donors (Lipinski definition) is 5.